The highest BCUT2D eigenvalue weighted by Crippen LogP contribution is 2.31. The number of ether oxygens (including phenoxy) is 1. The maximum Gasteiger partial charge on any atom is 0.251 e. The number of aromatic nitrogens is 1. The second-order valence-corrected chi connectivity index (χ2v) is 8.32. The lowest BCUT2D eigenvalue weighted by Gasteiger charge is -2.25. The first-order valence-corrected chi connectivity index (χ1v) is 11.2. The molecule has 5 nitrogen and oxygen atoms in total. The molecular weight excluding hydrogens is 382 g/mol. The summed E-state index contributed by atoms with van der Waals surface area (Å²) in [7, 11) is 0. The van der Waals surface area contributed by atoms with Crippen LogP contribution < -0.4 is 15.0 Å². The third kappa shape index (κ3) is 4.88. The van der Waals surface area contributed by atoms with Crippen molar-refractivity contribution in [3.05, 3.63) is 53.6 Å². The van der Waals surface area contributed by atoms with E-state index in [9.17, 15) is 4.79 Å². The number of anilines is 1. The fraction of sp³-hybridized carbons (Fsp3) is 0.391. The van der Waals surface area contributed by atoms with Gasteiger partial charge in [-0.2, -0.15) is 0 Å². The topological polar surface area (TPSA) is 54.5 Å². The van der Waals surface area contributed by atoms with Crippen molar-refractivity contribution in [1.82, 2.24) is 10.3 Å². The SMILES string of the molecule is CCOc1ccc(CCNC(=O)c2ccc3nc(N4CCCCC4)sc3c2)cc1. The molecule has 4 rings (SSSR count). The van der Waals surface area contributed by atoms with Crippen molar-refractivity contribution in [3.8, 4) is 5.75 Å². The monoisotopic (exact) mass is 409 g/mol. The van der Waals surface area contributed by atoms with Crippen molar-refractivity contribution in [2.75, 3.05) is 31.1 Å². The molecule has 0 spiro atoms. The summed E-state index contributed by atoms with van der Waals surface area (Å²) < 4.78 is 6.53. The van der Waals surface area contributed by atoms with Gasteiger partial charge in [-0.15, -0.1) is 0 Å². The van der Waals surface area contributed by atoms with Gasteiger partial charge in [-0.1, -0.05) is 23.5 Å². The Morgan fingerprint density at radius 2 is 1.93 bits per heavy atom. The molecule has 0 aliphatic carbocycles. The van der Waals surface area contributed by atoms with Crippen LogP contribution in [-0.2, 0) is 6.42 Å². The maximum atomic E-state index is 12.6. The summed E-state index contributed by atoms with van der Waals surface area (Å²) in [6.45, 7) is 5.41. The summed E-state index contributed by atoms with van der Waals surface area (Å²) in [4.78, 5) is 19.7. The van der Waals surface area contributed by atoms with Crippen molar-refractivity contribution in [3.63, 3.8) is 0 Å². The minimum atomic E-state index is -0.0363. The minimum Gasteiger partial charge on any atom is -0.494 e. The highest BCUT2D eigenvalue weighted by atomic mass is 32.1. The zero-order valence-corrected chi connectivity index (χ0v) is 17.6. The van der Waals surface area contributed by atoms with Gasteiger partial charge in [0.2, 0.25) is 0 Å². The van der Waals surface area contributed by atoms with E-state index in [1.807, 2.05) is 49.4 Å². The number of hydrogen-bond donors (Lipinski definition) is 1. The average Bonchev–Trinajstić information content (AvgIpc) is 3.19. The van der Waals surface area contributed by atoms with Crippen LogP contribution in [0.2, 0.25) is 0 Å². The van der Waals surface area contributed by atoms with Gasteiger partial charge >= 0.3 is 0 Å². The molecule has 152 valence electrons. The molecule has 1 N–H and O–H groups in total. The van der Waals surface area contributed by atoms with Gasteiger partial charge in [0.1, 0.15) is 5.75 Å². The van der Waals surface area contributed by atoms with E-state index in [-0.39, 0.29) is 5.91 Å². The van der Waals surface area contributed by atoms with Crippen molar-refractivity contribution in [2.24, 2.45) is 0 Å². The normalized spacial score (nSPS) is 14.2. The lowest BCUT2D eigenvalue weighted by Crippen LogP contribution is -2.29. The minimum absolute atomic E-state index is 0.0363. The summed E-state index contributed by atoms with van der Waals surface area (Å²) in [6, 6.07) is 13.8. The molecule has 1 fully saturated rings. The van der Waals surface area contributed by atoms with E-state index >= 15 is 0 Å². The molecule has 29 heavy (non-hydrogen) atoms. The van der Waals surface area contributed by atoms with Crippen LogP contribution in [0.5, 0.6) is 5.75 Å². The van der Waals surface area contributed by atoms with Crippen LogP contribution in [0, 0.1) is 0 Å². The van der Waals surface area contributed by atoms with Gasteiger partial charge in [0.25, 0.3) is 5.91 Å². The summed E-state index contributed by atoms with van der Waals surface area (Å²) in [5.74, 6) is 0.841. The Labute approximate surface area is 175 Å². The second kappa shape index (κ2) is 9.27. The van der Waals surface area contributed by atoms with Gasteiger partial charge < -0.3 is 15.0 Å². The molecule has 1 saturated heterocycles. The van der Waals surface area contributed by atoms with Gasteiger partial charge in [-0.3, -0.25) is 4.79 Å². The van der Waals surface area contributed by atoms with E-state index in [2.05, 4.69) is 10.2 Å². The number of nitrogens with one attached hydrogen (secondary N) is 1. The molecule has 6 heteroatoms. The molecule has 1 aliphatic heterocycles. The van der Waals surface area contributed by atoms with Crippen LogP contribution in [0.3, 0.4) is 0 Å². The second-order valence-electron chi connectivity index (χ2n) is 7.31. The van der Waals surface area contributed by atoms with Crippen molar-refractivity contribution >= 4 is 32.6 Å². The molecule has 1 amide bonds. The van der Waals surface area contributed by atoms with Gasteiger partial charge in [-0.25, -0.2) is 4.98 Å². The molecule has 0 saturated carbocycles. The smallest absolute Gasteiger partial charge is 0.251 e. The van der Waals surface area contributed by atoms with Crippen LogP contribution in [0.15, 0.2) is 42.5 Å². The Morgan fingerprint density at radius 3 is 2.69 bits per heavy atom. The molecule has 0 bridgehead atoms. The fourth-order valence-electron chi connectivity index (χ4n) is 3.62. The Kier molecular flexibility index (Phi) is 6.30. The lowest BCUT2D eigenvalue weighted by atomic mass is 10.1. The average molecular weight is 410 g/mol. The van der Waals surface area contributed by atoms with E-state index < -0.39 is 0 Å². The third-order valence-electron chi connectivity index (χ3n) is 5.20. The highest BCUT2D eigenvalue weighted by Gasteiger charge is 2.16. The number of nitrogens with zero attached hydrogens (tertiary/aromatic N) is 2. The van der Waals surface area contributed by atoms with Crippen LogP contribution in [0.25, 0.3) is 10.2 Å². The Hall–Kier alpha value is -2.60. The first kappa shape index (κ1) is 19.7. The Balaban J connectivity index is 1.35. The lowest BCUT2D eigenvalue weighted by molar-refractivity contribution is 0.0954. The number of amides is 1. The maximum absolute atomic E-state index is 12.6. The molecule has 0 radical (unpaired) electrons. The van der Waals surface area contributed by atoms with Crippen molar-refractivity contribution in [1.29, 1.82) is 0 Å². The number of carbonyl (C=O) groups is 1. The standard InChI is InChI=1S/C23H27N3O2S/c1-2-28-19-9-6-17(7-10-19)12-13-24-22(27)18-8-11-20-21(16-18)29-23(25-20)26-14-4-3-5-15-26/h6-11,16H,2-5,12-15H2,1H3,(H,24,27). The van der Waals surface area contributed by atoms with Gasteiger partial charge in [0.05, 0.1) is 16.8 Å². The first-order chi connectivity index (χ1) is 14.2. The molecule has 0 atom stereocenters. The molecule has 3 aromatic rings. The van der Waals surface area contributed by atoms with Crippen LogP contribution in [0.4, 0.5) is 5.13 Å². The quantitative estimate of drug-likeness (QED) is 0.617. The third-order valence-corrected chi connectivity index (χ3v) is 6.28. The number of benzene rings is 2. The number of hydrogen-bond acceptors (Lipinski definition) is 5. The first-order valence-electron chi connectivity index (χ1n) is 10.4. The molecule has 0 unspecified atom stereocenters. The van der Waals surface area contributed by atoms with E-state index in [1.54, 1.807) is 11.3 Å². The van der Waals surface area contributed by atoms with Crippen LogP contribution in [-0.4, -0.2) is 37.1 Å². The molecule has 1 aromatic heterocycles. The van der Waals surface area contributed by atoms with Gasteiger partial charge in [0, 0.05) is 25.2 Å². The van der Waals surface area contributed by atoms with Crippen molar-refractivity contribution < 1.29 is 9.53 Å². The molecule has 1 aliphatic rings. The predicted molar refractivity (Wildman–Crippen MR) is 119 cm³/mol. The summed E-state index contributed by atoms with van der Waals surface area (Å²) >= 11 is 1.68. The number of carbonyl (C=O) groups excluding carboxylic acids is 1. The van der Waals surface area contributed by atoms with Crippen molar-refractivity contribution in [2.45, 2.75) is 32.6 Å². The number of piperidine rings is 1. The molecule has 2 heterocycles. The zero-order chi connectivity index (χ0) is 20.1. The van der Waals surface area contributed by atoms with Gasteiger partial charge in [-0.05, 0) is 68.5 Å². The predicted octanol–water partition coefficient (Wildman–Crippen LogP) is 4.66. The molecular formula is C23H27N3O2S. The number of rotatable bonds is 7. The number of fused-ring (bicyclic) bond motifs is 1. The summed E-state index contributed by atoms with van der Waals surface area (Å²) in [6.07, 6.45) is 4.57. The van der Waals surface area contributed by atoms with E-state index in [0.29, 0.717) is 18.7 Å². The van der Waals surface area contributed by atoms with Crippen LogP contribution >= 0.6 is 11.3 Å². The van der Waals surface area contributed by atoms with E-state index in [1.165, 1.54) is 24.8 Å². The largest absolute Gasteiger partial charge is 0.494 e. The highest BCUT2D eigenvalue weighted by molar-refractivity contribution is 7.22. The molecule has 2 aromatic carbocycles. The Morgan fingerprint density at radius 1 is 1.14 bits per heavy atom. The Bertz CT molecular complexity index is 962. The summed E-state index contributed by atoms with van der Waals surface area (Å²) in [5, 5.41) is 4.10. The fourth-order valence-corrected chi connectivity index (χ4v) is 4.67. The van der Waals surface area contributed by atoms with E-state index in [4.69, 9.17) is 9.72 Å². The summed E-state index contributed by atoms with van der Waals surface area (Å²) in [5.41, 5.74) is 2.84. The van der Waals surface area contributed by atoms with Crippen LogP contribution in [0.1, 0.15) is 42.1 Å². The number of thiazole rings is 1. The van der Waals surface area contributed by atoms with Gasteiger partial charge in [0.15, 0.2) is 5.13 Å². The zero-order valence-electron chi connectivity index (χ0n) is 16.8. The van der Waals surface area contributed by atoms with E-state index in [0.717, 1.165) is 40.6 Å².